The van der Waals surface area contributed by atoms with E-state index >= 15 is 0 Å². The van der Waals surface area contributed by atoms with E-state index in [-0.39, 0.29) is 11.8 Å². The number of nitrogens with one attached hydrogen (secondary N) is 1. The van der Waals surface area contributed by atoms with E-state index in [1.807, 2.05) is 46.8 Å². The van der Waals surface area contributed by atoms with Crippen molar-refractivity contribution in [2.45, 2.75) is 51.9 Å². The number of carbonyl (C=O) groups is 1. The zero-order valence-electron chi connectivity index (χ0n) is 23.0. The summed E-state index contributed by atoms with van der Waals surface area (Å²) in [7, 11) is 0. The van der Waals surface area contributed by atoms with Gasteiger partial charge in [-0.25, -0.2) is 23.8 Å². The van der Waals surface area contributed by atoms with Crippen molar-refractivity contribution in [1.29, 1.82) is 0 Å². The molecule has 40 heavy (non-hydrogen) atoms. The zero-order valence-corrected chi connectivity index (χ0v) is 23.0. The highest BCUT2D eigenvalue weighted by Gasteiger charge is 2.26. The van der Waals surface area contributed by atoms with Crippen LogP contribution in [0.4, 0.5) is 20.7 Å². The van der Waals surface area contributed by atoms with E-state index in [0.29, 0.717) is 25.6 Å². The summed E-state index contributed by atoms with van der Waals surface area (Å²) in [5, 5.41) is 8.77. The number of para-hydroxylation sites is 1. The topological polar surface area (TPSA) is 79.2 Å². The number of anilines is 2. The maximum atomic E-state index is 13.7. The smallest absolute Gasteiger partial charge is 0.321 e. The molecule has 0 bridgehead atoms. The molecule has 4 aromatic rings. The lowest BCUT2D eigenvalue weighted by Gasteiger charge is -2.25. The molecule has 2 aromatic carbocycles. The maximum absolute atomic E-state index is 13.7. The zero-order chi connectivity index (χ0) is 27.5. The molecular weight excluding hydrogens is 505 g/mol. The van der Waals surface area contributed by atoms with E-state index in [0.717, 1.165) is 59.1 Å². The SMILES string of the molecule is Cc1nn(-c2ccc(F)cc2)c2nc(CC3CCCCC3)nc(N3CCCN(C(=O)Nc4ccccc4)CC3)c12. The second-order valence-corrected chi connectivity index (χ2v) is 11.0. The van der Waals surface area contributed by atoms with Crippen LogP contribution >= 0.6 is 0 Å². The Labute approximate surface area is 234 Å². The number of fused-ring (bicyclic) bond motifs is 1. The number of halogens is 1. The lowest BCUT2D eigenvalue weighted by Crippen LogP contribution is -2.38. The van der Waals surface area contributed by atoms with Gasteiger partial charge in [-0.2, -0.15) is 5.10 Å². The Bertz CT molecular complexity index is 1460. The molecule has 0 spiro atoms. The third kappa shape index (κ3) is 5.64. The molecule has 2 amide bonds. The predicted octanol–water partition coefficient (Wildman–Crippen LogP) is 6.13. The van der Waals surface area contributed by atoms with E-state index in [1.165, 1.54) is 44.2 Å². The lowest BCUT2D eigenvalue weighted by atomic mass is 9.87. The molecule has 2 aliphatic rings. The molecule has 6 rings (SSSR count). The number of carbonyl (C=O) groups excluding carboxylic acids is 1. The van der Waals surface area contributed by atoms with Crippen LogP contribution in [0.3, 0.4) is 0 Å². The Morgan fingerprint density at radius 3 is 2.48 bits per heavy atom. The van der Waals surface area contributed by atoms with Gasteiger partial charge < -0.3 is 15.1 Å². The van der Waals surface area contributed by atoms with Gasteiger partial charge in [0.2, 0.25) is 0 Å². The Hall–Kier alpha value is -4.01. The van der Waals surface area contributed by atoms with Crippen LogP contribution in [0.15, 0.2) is 54.6 Å². The first-order valence-corrected chi connectivity index (χ1v) is 14.4. The fourth-order valence-electron chi connectivity index (χ4n) is 5.99. The van der Waals surface area contributed by atoms with Crippen molar-refractivity contribution < 1.29 is 9.18 Å². The van der Waals surface area contributed by atoms with Crippen LogP contribution < -0.4 is 10.2 Å². The number of nitrogens with zero attached hydrogens (tertiary/aromatic N) is 6. The van der Waals surface area contributed by atoms with Gasteiger partial charge in [0.05, 0.1) is 16.8 Å². The van der Waals surface area contributed by atoms with E-state index < -0.39 is 0 Å². The summed E-state index contributed by atoms with van der Waals surface area (Å²) < 4.78 is 15.5. The first-order valence-electron chi connectivity index (χ1n) is 14.4. The number of benzene rings is 2. The molecule has 208 valence electrons. The van der Waals surface area contributed by atoms with E-state index in [4.69, 9.17) is 15.1 Å². The number of aromatic nitrogens is 4. The monoisotopic (exact) mass is 541 g/mol. The van der Waals surface area contributed by atoms with Crippen LogP contribution in [0.2, 0.25) is 0 Å². The third-order valence-electron chi connectivity index (χ3n) is 8.10. The molecule has 9 heteroatoms. The standard InChI is InChI=1S/C31H36FN7O/c1-22-28-29(37-17-8-18-38(20-19-37)31(40)33-25-11-6-3-7-12-25)34-27(21-23-9-4-2-5-10-23)35-30(28)39(36-22)26-15-13-24(32)14-16-26/h3,6-7,11-16,23H,2,4-5,8-10,17-21H2,1H3,(H,33,40). The molecule has 1 saturated heterocycles. The summed E-state index contributed by atoms with van der Waals surface area (Å²) in [5.41, 5.74) is 3.15. The number of urea groups is 1. The van der Waals surface area contributed by atoms with Gasteiger partial charge >= 0.3 is 6.03 Å². The molecule has 3 heterocycles. The largest absolute Gasteiger partial charge is 0.354 e. The van der Waals surface area contributed by atoms with Crippen LogP contribution in [-0.4, -0.2) is 56.9 Å². The Kier molecular flexibility index (Phi) is 7.62. The van der Waals surface area contributed by atoms with E-state index in [1.54, 1.807) is 12.1 Å². The summed E-state index contributed by atoms with van der Waals surface area (Å²) >= 11 is 0. The molecule has 1 N–H and O–H groups in total. The van der Waals surface area contributed by atoms with Crippen LogP contribution in [0, 0.1) is 18.7 Å². The summed E-state index contributed by atoms with van der Waals surface area (Å²) in [6.07, 6.45) is 7.93. The lowest BCUT2D eigenvalue weighted by molar-refractivity contribution is 0.215. The highest BCUT2D eigenvalue weighted by atomic mass is 19.1. The Balaban J connectivity index is 1.32. The van der Waals surface area contributed by atoms with Gasteiger partial charge in [0.25, 0.3) is 0 Å². The Morgan fingerprint density at radius 1 is 0.925 bits per heavy atom. The normalized spacial score (nSPS) is 16.8. The molecule has 1 aliphatic heterocycles. The van der Waals surface area contributed by atoms with Crippen molar-refractivity contribution in [3.05, 3.63) is 71.9 Å². The van der Waals surface area contributed by atoms with Crippen molar-refractivity contribution >= 4 is 28.6 Å². The number of amides is 2. The minimum Gasteiger partial charge on any atom is -0.354 e. The van der Waals surface area contributed by atoms with Crippen molar-refractivity contribution in [3.8, 4) is 5.69 Å². The third-order valence-corrected chi connectivity index (χ3v) is 8.10. The van der Waals surface area contributed by atoms with Crippen LogP contribution in [0.1, 0.15) is 50.0 Å². The van der Waals surface area contributed by atoms with Gasteiger partial charge in [-0.15, -0.1) is 0 Å². The second-order valence-electron chi connectivity index (χ2n) is 11.0. The van der Waals surface area contributed by atoms with Crippen LogP contribution in [0.25, 0.3) is 16.7 Å². The van der Waals surface area contributed by atoms with Crippen molar-refractivity contribution in [2.75, 3.05) is 36.4 Å². The molecule has 8 nitrogen and oxygen atoms in total. The summed E-state index contributed by atoms with van der Waals surface area (Å²) in [6, 6.07) is 15.9. The van der Waals surface area contributed by atoms with Crippen molar-refractivity contribution in [1.82, 2.24) is 24.6 Å². The summed E-state index contributed by atoms with van der Waals surface area (Å²) in [6.45, 7) is 4.69. The first-order chi connectivity index (χ1) is 19.5. The number of aryl methyl sites for hydroxylation is 1. The summed E-state index contributed by atoms with van der Waals surface area (Å²) in [5.74, 6) is 2.02. The van der Waals surface area contributed by atoms with Gasteiger partial charge in [0.1, 0.15) is 17.5 Å². The highest BCUT2D eigenvalue weighted by molar-refractivity contribution is 5.91. The average molecular weight is 542 g/mol. The van der Waals surface area contributed by atoms with Crippen molar-refractivity contribution in [2.24, 2.45) is 5.92 Å². The highest BCUT2D eigenvalue weighted by Crippen LogP contribution is 2.32. The summed E-state index contributed by atoms with van der Waals surface area (Å²) in [4.78, 5) is 27.4. The van der Waals surface area contributed by atoms with Gasteiger partial charge in [-0.1, -0.05) is 50.3 Å². The van der Waals surface area contributed by atoms with Crippen LogP contribution in [0.5, 0.6) is 0 Å². The Morgan fingerprint density at radius 2 is 1.70 bits per heavy atom. The number of hydrogen-bond donors (Lipinski definition) is 1. The molecule has 0 unspecified atom stereocenters. The number of hydrogen-bond acceptors (Lipinski definition) is 5. The van der Waals surface area contributed by atoms with E-state index in [2.05, 4.69) is 10.2 Å². The average Bonchev–Trinajstić information content (AvgIpc) is 3.13. The molecule has 0 atom stereocenters. The second kappa shape index (κ2) is 11.6. The first kappa shape index (κ1) is 26.2. The van der Waals surface area contributed by atoms with Gasteiger partial charge in [-0.3, -0.25) is 0 Å². The maximum Gasteiger partial charge on any atom is 0.321 e. The molecule has 2 aromatic heterocycles. The van der Waals surface area contributed by atoms with Gasteiger partial charge in [0.15, 0.2) is 5.65 Å². The molecule has 1 aliphatic carbocycles. The minimum absolute atomic E-state index is 0.0841. The van der Waals surface area contributed by atoms with Crippen molar-refractivity contribution in [3.63, 3.8) is 0 Å². The molecule has 0 radical (unpaired) electrons. The number of rotatable bonds is 5. The fraction of sp³-hybridized carbons (Fsp3) is 0.419. The quantitative estimate of drug-likeness (QED) is 0.329. The van der Waals surface area contributed by atoms with Gasteiger partial charge in [-0.05, 0) is 55.7 Å². The van der Waals surface area contributed by atoms with E-state index in [9.17, 15) is 9.18 Å². The molecular formula is C31H36FN7O. The van der Waals surface area contributed by atoms with Crippen LogP contribution in [-0.2, 0) is 6.42 Å². The predicted molar refractivity (Wildman–Crippen MR) is 155 cm³/mol. The fourth-order valence-corrected chi connectivity index (χ4v) is 5.99. The molecule has 1 saturated carbocycles. The van der Waals surface area contributed by atoms with Gasteiger partial charge in [0, 0.05) is 38.3 Å². The minimum atomic E-state index is -0.282. The molecule has 2 fully saturated rings.